The van der Waals surface area contributed by atoms with E-state index in [1.54, 1.807) is 0 Å². The maximum Gasteiger partial charge on any atom is 0.416 e. The number of nitrogens with one attached hydrogen (secondary N) is 2. The Morgan fingerprint density at radius 2 is 1.15 bits per heavy atom. The first-order valence-electron chi connectivity index (χ1n) is 20.8. The maximum atomic E-state index is 12.9. The second-order valence-corrected chi connectivity index (χ2v) is 19.4. The van der Waals surface area contributed by atoms with E-state index in [1.807, 2.05) is 24.3 Å². The van der Waals surface area contributed by atoms with Crippen molar-refractivity contribution in [3.05, 3.63) is 125 Å². The summed E-state index contributed by atoms with van der Waals surface area (Å²) < 4.78 is 144. The minimum absolute atomic E-state index is 0.0253. The van der Waals surface area contributed by atoms with Gasteiger partial charge in [-0.2, -0.15) is 35.0 Å². The number of benzene rings is 4. The molecule has 4 aromatic rings. The standard InChI is InChI=1S/C23H24F3N3O4S.C21H21F4N3O4S/c24-23(25,26)17-5-3-6-19(14-17)34(31,32)29-12-10-18(11-13-29)28-33-15-22(30)21-9-8-16-4-1-2-7-20(16)27-21;22-17-6-4-15(5-7-17)13-26-20(29)14-32-27-18-8-10-28(11-9-18)33(30,31)19-3-1-2-16(12-19)21(23,24)25/h1-7,14,21,27H,8-13,15H2;1-7,12H,8-11,13-14H2,(H,26,29). The van der Waals surface area contributed by atoms with Crippen molar-refractivity contribution in [1.29, 1.82) is 0 Å². The molecule has 0 saturated carbocycles. The zero-order valence-electron chi connectivity index (χ0n) is 35.5. The number of fused-ring (bicyclic) bond motifs is 1. The lowest BCUT2D eigenvalue weighted by Crippen LogP contribution is -2.39. The van der Waals surface area contributed by atoms with Crippen molar-refractivity contribution >= 4 is 48.8 Å². The van der Waals surface area contributed by atoms with Gasteiger partial charge in [0, 0.05) is 64.1 Å². The van der Waals surface area contributed by atoms with Gasteiger partial charge in [-0.25, -0.2) is 21.2 Å². The number of Topliss-reactive ketones (excluding diaryl/α,β-unsaturated/α-hetero) is 1. The normalized spacial score (nSPS) is 17.2. The van der Waals surface area contributed by atoms with Gasteiger partial charge < -0.3 is 20.3 Å². The van der Waals surface area contributed by atoms with Crippen molar-refractivity contribution in [2.45, 2.75) is 73.3 Å². The summed E-state index contributed by atoms with van der Waals surface area (Å²) in [7, 11) is -8.15. The third-order valence-corrected chi connectivity index (χ3v) is 14.6. The Morgan fingerprint density at radius 1 is 0.657 bits per heavy atom. The number of aryl methyl sites for hydroxylation is 1. The molecule has 3 aliphatic rings. The first-order chi connectivity index (χ1) is 31.7. The predicted octanol–water partition coefficient (Wildman–Crippen LogP) is 7.18. The number of nitrogens with zero attached hydrogens (tertiary/aromatic N) is 4. The Morgan fingerprint density at radius 3 is 1.66 bits per heavy atom. The number of para-hydroxylation sites is 1. The van der Waals surface area contributed by atoms with Crippen LogP contribution in [-0.2, 0) is 64.6 Å². The predicted molar refractivity (Wildman–Crippen MR) is 231 cm³/mol. The number of carbonyl (C=O) groups is 2. The summed E-state index contributed by atoms with van der Waals surface area (Å²) in [5.74, 6) is -0.936. The highest BCUT2D eigenvalue weighted by Gasteiger charge is 2.35. The number of piperidine rings is 2. The van der Waals surface area contributed by atoms with E-state index in [4.69, 9.17) is 9.68 Å². The molecule has 4 aromatic carbocycles. The number of hydrogen-bond acceptors (Lipinski definition) is 11. The highest BCUT2D eigenvalue weighted by Crippen LogP contribution is 2.33. The van der Waals surface area contributed by atoms with Crippen LogP contribution in [0.5, 0.6) is 0 Å². The molecule has 23 heteroatoms. The van der Waals surface area contributed by atoms with Gasteiger partial charge in [0.1, 0.15) is 5.82 Å². The second kappa shape index (κ2) is 21.8. The number of ketones is 1. The molecule has 67 heavy (non-hydrogen) atoms. The van der Waals surface area contributed by atoms with Crippen LogP contribution in [0.1, 0.15) is 54.4 Å². The van der Waals surface area contributed by atoms with Crippen molar-refractivity contribution in [2.24, 2.45) is 10.3 Å². The Bertz CT molecular complexity index is 2660. The summed E-state index contributed by atoms with van der Waals surface area (Å²) >= 11 is 0. The van der Waals surface area contributed by atoms with Gasteiger partial charge >= 0.3 is 12.4 Å². The third kappa shape index (κ3) is 13.8. The Hall–Kier alpha value is -5.91. The van der Waals surface area contributed by atoms with Crippen molar-refractivity contribution in [3.8, 4) is 0 Å². The minimum atomic E-state index is -4.64. The van der Waals surface area contributed by atoms with Gasteiger partial charge in [-0.1, -0.05) is 52.8 Å². The number of rotatable bonds is 13. The van der Waals surface area contributed by atoms with E-state index < -0.39 is 59.2 Å². The van der Waals surface area contributed by atoms with Crippen LogP contribution in [0.25, 0.3) is 0 Å². The van der Waals surface area contributed by atoms with Gasteiger partial charge in [-0.05, 0) is 78.6 Å². The molecule has 360 valence electrons. The van der Waals surface area contributed by atoms with Crippen LogP contribution < -0.4 is 10.6 Å². The molecule has 2 N–H and O–H groups in total. The third-order valence-electron chi connectivity index (χ3n) is 10.8. The zero-order valence-corrected chi connectivity index (χ0v) is 37.2. The molecular weight excluding hydrogens is 938 g/mol. The molecule has 1 amide bonds. The summed E-state index contributed by atoms with van der Waals surface area (Å²) in [6, 6.07) is 20.4. The van der Waals surface area contributed by atoms with Gasteiger partial charge in [0.05, 0.1) is 38.4 Å². The molecule has 0 aromatic heterocycles. The molecule has 0 bridgehead atoms. The van der Waals surface area contributed by atoms with Crippen LogP contribution in [0.3, 0.4) is 0 Å². The number of amides is 1. The number of sulfonamides is 2. The summed E-state index contributed by atoms with van der Waals surface area (Å²) in [5, 5.41) is 13.7. The molecule has 14 nitrogen and oxygen atoms in total. The fourth-order valence-electron chi connectivity index (χ4n) is 7.12. The molecule has 1 unspecified atom stereocenters. The van der Waals surface area contributed by atoms with Gasteiger partial charge in [0.25, 0.3) is 5.91 Å². The number of hydrogen-bond donors (Lipinski definition) is 2. The van der Waals surface area contributed by atoms with Crippen LogP contribution in [-0.4, -0.2) is 94.0 Å². The monoisotopic (exact) mass is 982 g/mol. The first-order valence-corrected chi connectivity index (χ1v) is 23.7. The number of halogens is 7. The van der Waals surface area contributed by atoms with E-state index in [9.17, 15) is 57.2 Å². The minimum Gasteiger partial charge on any atom is -0.388 e. The van der Waals surface area contributed by atoms with Gasteiger partial charge in [-0.15, -0.1) is 0 Å². The first kappa shape index (κ1) is 50.5. The lowest BCUT2D eigenvalue weighted by molar-refractivity contribution is -0.138. The van der Waals surface area contributed by atoms with Crippen LogP contribution in [0.4, 0.5) is 36.4 Å². The highest BCUT2D eigenvalue weighted by atomic mass is 32.2. The molecule has 1 atom stereocenters. The van der Waals surface area contributed by atoms with E-state index in [-0.39, 0.29) is 89.3 Å². The molecule has 0 radical (unpaired) electrons. The van der Waals surface area contributed by atoms with Crippen LogP contribution in [0.15, 0.2) is 117 Å². The average Bonchev–Trinajstić information content (AvgIpc) is 3.31. The molecule has 0 spiro atoms. The van der Waals surface area contributed by atoms with Gasteiger partial charge in [-0.3, -0.25) is 9.59 Å². The topological polar surface area (TPSA) is 176 Å². The SMILES string of the molecule is O=C(CON=C1CCN(S(=O)(=O)c2cccc(C(F)(F)F)c2)CC1)C1CCc2ccccc2N1.O=C(CON=C1CCN(S(=O)(=O)c2cccc(C(F)(F)F)c2)CC1)NCc1ccc(F)cc1. The largest absolute Gasteiger partial charge is 0.416 e. The van der Waals surface area contributed by atoms with E-state index >= 15 is 0 Å². The van der Waals surface area contributed by atoms with E-state index in [0.29, 0.717) is 35.5 Å². The Balaban J connectivity index is 0.000000221. The molecular formula is C44H45F7N6O8S2. The fraction of sp³-hybridized carbons (Fsp3) is 0.364. The summed E-state index contributed by atoms with van der Waals surface area (Å²) in [6.45, 7) is -0.172. The quantitative estimate of drug-likeness (QED) is 0.104. The van der Waals surface area contributed by atoms with E-state index in [0.717, 1.165) is 57.1 Å². The molecule has 2 saturated heterocycles. The summed E-state index contributed by atoms with van der Waals surface area (Å²) in [4.78, 5) is 33.7. The highest BCUT2D eigenvalue weighted by molar-refractivity contribution is 7.89. The number of anilines is 1. The zero-order chi connectivity index (χ0) is 48.4. The molecule has 0 aliphatic carbocycles. The Kier molecular flexibility index (Phi) is 16.4. The average molecular weight is 983 g/mol. The summed E-state index contributed by atoms with van der Waals surface area (Å²) in [6.07, 6.45) is -6.84. The Labute approximate surface area is 381 Å². The van der Waals surface area contributed by atoms with Crippen molar-refractivity contribution in [1.82, 2.24) is 13.9 Å². The van der Waals surface area contributed by atoms with Crippen LogP contribution in [0.2, 0.25) is 0 Å². The number of carbonyl (C=O) groups excluding carboxylic acids is 2. The van der Waals surface area contributed by atoms with E-state index in [2.05, 4.69) is 20.9 Å². The lowest BCUT2D eigenvalue weighted by Gasteiger charge is -2.27. The summed E-state index contributed by atoms with van der Waals surface area (Å²) in [5.41, 5.74) is 1.91. The molecule has 3 aliphatic heterocycles. The van der Waals surface area contributed by atoms with Gasteiger partial charge in [0.2, 0.25) is 20.0 Å². The van der Waals surface area contributed by atoms with Crippen LogP contribution in [0, 0.1) is 5.82 Å². The number of alkyl halides is 6. The van der Waals surface area contributed by atoms with Crippen molar-refractivity contribution < 1.29 is 66.8 Å². The second-order valence-electron chi connectivity index (χ2n) is 15.5. The molecule has 7 rings (SSSR count). The number of oxime groups is 2. The van der Waals surface area contributed by atoms with Crippen molar-refractivity contribution in [2.75, 3.05) is 44.7 Å². The van der Waals surface area contributed by atoms with Gasteiger partial charge in [0.15, 0.2) is 19.0 Å². The molecule has 2 fully saturated rings. The van der Waals surface area contributed by atoms with Crippen molar-refractivity contribution in [3.63, 3.8) is 0 Å². The lowest BCUT2D eigenvalue weighted by atomic mass is 9.96. The smallest absolute Gasteiger partial charge is 0.388 e. The fourth-order valence-corrected chi connectivity index (χ4v) is 10.1. The maximum absolute atomic E-state index is 12.9. The van der Waals surface area contributed by atoms with E-state index in [1.165, 1.54) is 29.8 Å². The van der Waals surface area contributed by atoms with Crippen LogP contribution >= 0.6 is 0 Å². The molecule has 3 heterocycles.